The Bertz CT molecular complexity index is 1420. The predicted molar refractivity (Wildman–Crippen MR) is 136 cm³/mol. The van der Waals surface area contributed by atoms with Gasteiger partial charge in [-0.1, -0.05) is 6.07 Å². The van der Waals surface area contributed by atoms with Crippen molar-refractivity contribution in [2.75, 3.05) is 5.01 Å². The second kappa shape index (κ2) is 10.9. The number of halogens is 3. The van der Waals surface area contributed by atoms with Crippen LogP contribution in [0.1, 0.15) is 44.3 Å². The van der Waals surface area contributed by atoms with Crippen LogP contribution in [0.2, 0.25) is 0 Å². The van der Waals surface area contributed by atoms with Gasteiger partial charge < -0.3 is 5.32 Å². The van der Waals surface area contributed by atoms with Gasteiger partial charge in [0.15, 0.2) is 0 Å². The lowest BCUT2D eigenvalue weighted by atomic mass is 9.99. The number of hydrogen-bond donors (Lipinski definition) is 2. The minimum absolute atomic E-state index is 0.176. The average Bonchev–Trinajstić information content (AvgIpc) is 3.50. The lowest BCUT2D eigenvalue weighted by Crippen LogP contribution is -2.33. The monoisotopic (exact) mass is 542 g/mol. The zero-order valence-corrected chi connectivity index (χ0v) is 20.9. The molecule has 0 saturated carbocycles. The zero-order valence-electron chi connectivity index (χ0n) is 20.1. The summed E-state index contributed by atoms with van der Waals surface area (Å²) in [6, 6.07) is 10.7. The van der Waals surface area contributed by atoms with E-state index in [1.54, 1.807) is 25.4 Å². The molecule has 0 radical (unpaired) electrons. The summed E-state index contributed by atoms with van der Waals surface area (Å²) in [6.07, 6.45) is -1.23. The minimum Gasteiger partial charge on any atom is -0.347 e. The van der Waals surface area contributed by atoms with Gasteiger partial charge in [0.05, 0.1) is 32.4 Å². The van der Waals surface area contributed by atoms with Gasteiger partial charge in [0.2, 0.25) is 0 Å². The standard InChI is InChI=1S/C25H21F3N6O3S/c1-14(21-15(2)33-34(24(21)37)18-7-5-17(6-8-18)25(26,27)28)31-32-23(36)20-10-9-19(38-20)22(35)30-13-16-4-3-11-29-12-16/h3-12,21H,13H2,1-2H3,(H,30,35)(H,32,36)/b31-14+. The summed E-state index contributed by atoms with van der Waals surface area (Å²) >= 11 is 0.982. The number of aromatic nitrogens is 1. The number of carbonyl (C=O) groups excluding carboxylic acids is 3. The van der Waals surface area contributed by atoms with Gasteiger partial charge in [0.25, 0.3) is 17.7 Å². The lowest BCUT2D eigenvalue weighted by molar-refractivity contribution is -0.137. The number of nitrogens with zero attached hydrogens (tertiary/aromatic N) is 4. The molecular weight excluding hydrogens is 521 g/mol. The van der Waals surface area contributed by atoms with E-state index < -0.39 is 29.5 Å². The van der Waals surface area contributed by atoms with Gasteiger partial charge in [-0.3, -0.25) is 19.4 Å². The van der Waals surface area contributed by atoms with Crippen molar-refractivity contribution in [1.82, 2.24) is 15.7 Å². The van der Waals surface area contributed by atoms with Crippen LogP contribution in [0, 0.1) is 5.92 Å². The van der Waals surface area contributed by atoms with Crippen molar-refractivity contribution >= 4 is 46.2 Å². The highest BCUT2D eigenvalue weighted by molar-refractivity contribution is 7.15. The van der Waals surface area contributed by atoms with Crippen LogP contribution in [0.25, 0.3) is 0 Å². The van der Waals surface area contributed by atoms with Crippen molar-refractivity contribution in [1.29, 1.82) is 0 Å². The van der Waals surface area contributed by atoms with E-state index in [9.17, 15) is 27.6 Å². The molecule has 0 saturated heterocycles. The third-order valence-electron chi connectivity index (χ3n) is 5.55. The number of hydrazone groups is 2. The molecule has 13 heteroatoms. The minimum atomic E-state index is -4.50. The summed E-state index contributed by atoms with van der Waals surface area (Å²) in [7, 11) is 0. The van der Waals surface area contributed by atoms with E-state index >= 15 is 0 Å². The number of alkyl halides is 3. The molecule has 0 bridgehead atoms. The number of rotatable bonds is 7. The van der Waals surface area contributed by atoms with E-state index in [1.807, 2.05) is 6.07 Å². The molecule has 1 aliphatic heterocycles. The van der Waals surface area contributed by atoms with E-state index in [-0.39, 0.29) is 28.7 Å². The van der Waals surface area contributed by atoms with Crippen LogP contribution in [0.3, 0.4) is 0 Å². The molecule has 1 atom stereocenters. The van der Waals surface area contributed by atoms with Gasteiger partial charge in [-0.2, -0.15) is 28.4 Å². The first kappa shape index (κ1) is 26.7. The Morgan fingerprint density at radius 2 is 1.76 bits per heavy atom. The molecule has 38 heavy (non-hydrogen) atoms. The van der Waals surface area contributed by atoms with Crippen LogP contribution >= 0.6 is 11.3 Å². The molecule has 1 aromatic carbocycles. The van der Waals surface area contributed by atoms with E-state index in [2.05, 4.69) is 25.9 Å². The molecule has 0 spiro atoms. The first-order valence-electron chi connectivity index (χ1n) is 11.2. The van der Waals surface area contributed by atoms with Crippen molar-refractivity contribution in [3.8, 4) is 0 Å². The van der Waals surface area contributed by atoms with Gasteiger partial charge in [-0.15, -0.1) is 11.3 Å². The summed E-state index contributed by atoms with van der Waals surface area (Å²) in [4.78, 5) is 42.5. The first-order valence-corrected chi connectivity index (χ1v) is 12.0. The maximum atomic E-state index is 12.9. The highest BCUT2D eigenvalue weighted by Gasteiger charge is 2.37. The SMILES string of the molecule is CC1=NN(c2ccc(C(F)(F)F)cc2)C(=O)C1/C(C)=N/NC(=O)c1ccc(C(=O)NCc2cccnc2)s1. The number of thiophene rings is 1. The van der Waals surface area contributed by atoms with E-state index in [4.69, 9.17) is 0 Å². The Morgan fingerprint density at radius 3 is 2.39 bits per heavy atom. The van der Waals surface area contributed by atoms with Crippen LogP contribution < -0.4 is 15.8 Å². The van der Waals surface area contributed by atoms with Gasteiger partial charge in [0, 0.05) is 18.9 Å². The smallest absolute Gasteiger partial charge is 0.347 e. The van der Waals surface area contributed by atoms with Gasteiger partial charge in [0.1, 0.15) is 5.92 Å². The fourth-order valence-electron chi connectivity index (χ4n) is 3.64. The lowest BCUT2D eigenvalue weighted by Gasteiger charge is -2.15. The number of carbonyl (C=O) groups is 3. The molecule has 196 valence electrons. The molecule has 0 aliphatic carbocycles. The summed E-state index contributed by atoms with van der Waals surface area (Å²) in [5, 5.41) is 12.0. The van der Waals surface area contributed by atoms with Crippen LogP contribution in [-0.2, 0) is 17.5 Å². The molecule has 3 heterocycles. The summed E-state index contributed by atoms with van der Waals surface area (Å²) < 4.78 is 38.5. The van der Waals surface area contributed by atoms with Crippen LogP contribution in [-0.4, -0.2) is 34.1 Å². The van der Waals surface area contributed by atoms with Crippen molar-refractivity contribution in [2.45, 2.75) is 26.6 Å². The zero-order chi connectivity index (χ0) is 27.4. The predicted octanol–water partition coefficient (Wildman–Crippen LogP) is 4.24. The largest absolute Gasteiger partial charge is 0.416 e. The fraction of sp³-hybridized carbons (Fsp3) is 0.200. The van der Waals surface area contributed by atoms with Crippen LogP contribution in [0.5, 0.6) is 0 Å². The molecule has 2 aromatic heterocycles. The van der Waals surface area contributed by atoms with Crippen molar-refractivity contribution in [2.24, 2.45) is 16.1 Å². The molecule has 1 unspecified atom stereocenters. The molecule has 3 amide bonds. The highest BCUT2D eigenvalue weighted by Crippen LogP contribution is 2.32. The van der Waals surface area contributed by atoms with Crippen LogP contribution in [0.4, 0.5) is 18.9 Å². The number of nitrogens with one attached hydrogen (secondary N) is 2. The molecule has 2 N–H and O–H groups in total. The second-order valence-electron chi connectivity index (χ2n) is 8.27. The maximum Gasteiger partial charge on any atom is 0.416 e. The Labute approximate surface area is 219 Å². The molecule has 3 aromatic rings. The average molecular weight is 543 g/mol. The van der Waals surface area contributed by atoms with Crippen molar-refractivity contribution in [3.05, 3.63) is 81.8 Å². The topological polar surface area (TPSA) is 116 Å². The number of hydrogen-bond acceptors (Lipinski definition) is 7. The number of anilines is 1. The molecule has 9 nitrogen and oxygen atoms in total. The fourth-order valence-corrected chi connectivity index (χ4v) is 4.45. The van der Waals surface area contributed by atoms with Crippen LogP contribution in [0.15, 0.2) is 71.1 Å². The highest BCUT2D eigenvalue weighted by atomic mass is 32.1. The molecular formula is C25H21F3N6O3S. The van der Waals surface area contributed by atoms with E-state index in [0.717, 1.165) is 46.2 Å². The van der Waals surface area contributed by atoms with Gasteiger partial charge in [-0.25, -0.2) is 5.43 Å². The second-order valence-corrected chi connectivity index (χ2v) is 9.35. The summed E-state index contributed by atoms with van der Waals surface area (Å²) in [5.74, 6) is -2.32. The third-order valence-corrected chi connectivity index (χ3v) is 6.63. The van der Waals surface area contributed by atoms with Gasteiger partial charge in [-0.05, 0) is 61.9 Å². The summed E-state index contributed by atoms with van der Waals surface area (Å²) in [6.45, 7) is 3.41. The van der Waals surface area contributed by atoms with E-state index in [1.165, 1.54) is 19.1 Å². The van der Waals surface area contributed by atoms with Crippen molar-refractivity contribution in [3.63, 3.8) is 0 Å². The number of amides is 3. The Hall–Kier alpha value is -4.39. The molecule has 0 fully saturated rings. The number of pyridine rings is 1. The Balaban J connectivity index is 1.37. The summed E-state index contributed by atoms with van der Waals surface area (Å²) in [5.41, 5.74) is 3.15. The quantitative estimate of drug-likeness (QED) is 0.343. The Morgan fingerprint density at radius 1 is 1.08 bits per heavy atom. The molecule has 1 aliphatic rings. The maximum absolute atomic E-state index is 12.9. The molecule has 4 rings (SSSR count). The van der Waals surface area contributed by atoms with Crippen molar-refractivity contribution < 1.29 is 27.6 Å². The van der Waals surface area contributed by atoms with Gasteiger partial charge >= 0.3 is 6.18 Å². The first-order chi connectivity index (χ1) is 18.0. The third kappa shape index (κ3) is 5.94. The van der Waals surface area contributed by atoms with E-state index in [0.29, 0.717) is 10.6 Å². The number of benzene rings is 1. The Kier molecular flexibility index (Phi) is 7.67. The normalized spacial score (nSPS) is 15.9.